The normalized spacial score (nSPS) is 11.6. The van der Waals surface area contributed by atoms with E-state index >= 15 is 0 Å². The smallest absolute Gasteiger partial charge is 0.123 e. The van der Waals surface area contributed by atoms with Gasteiger partial charge in [0.2, 0.25) is 0 Å². The summed E-state index contributed by atoms with van der Waals surface area (Å²) >= 11 is 0. The zero-order chi connectivity index (χ0) is 13.9. The molecule has 2 heteroatoms. The Morgan fingerprint density at radius 3 is 2.26 bits per heavy atom. The van der Waals surface area contributed by atoms with Crippen LogP contribution in [0, 0.1) is 5.82 Å². The van der Waals surface area contributed by atoms with Gasteiger partial charge in [0.05, 0.1) is 0 Å². The van der Waals surface area contributed by atoms with Crippen molar-refractivity contribution >= 4 is 0 Å². The van der Waals surface area contributed by atoms with Gasteiger partial charge in [-0.3, -0.25) is 0 Å². The summed E-state index contributed by atoms with van der Waals surface area (Å²) in [5, 5.41) is 0. The molecule has 2 aromatic rings. The highest BCUT2D eigenvalue weighted by Crippen LogP contribution is 2.23. The molecule has 100 valence electrons. The van der Waals surface area contributed by atoms with E-state index < -0.39 is 0 Å². The highest BCUT2D eigenvalue weighted by Gasteiger charge is 2.18. The van der Waals surface area contributed by atoms with Gasteiger partial charge in [0.15, 0.2) is 0 Å². The Morgan fingerprint density at radius 2 is 1.63 bits per heavy atom. The van der Waals surface area contributed by atoms with Gasteiger partial charge in [0.25, 0.3) is 0 Å². The molecule has 2 aromatic carbocycles. The summed E-state index contributed by atoms with van der Waals surface area (Å²) in [6, 6.07) is 15.1. The molecule has 0 aromatic heterocycles. The second kappa shape index (κ2) is 5.54. The van der Waals surface area contributed by atoms with Crippen LogP contribution in [0.3, 0.4) is 0 Å². The van der Waals surface area contributed by atoms with E-state index in [1.165, 1.54) is 17.2 Å². The first-order valence-corrected chi connectivity index (χ1v) is 6.55. The highest BCUT2D eigenvalue weighted by molar-refractivity contribution is 5.33. The summed E-state index contributed by atoms with van der Waals surface area (Å²) in [7, 11) is 0. The molecule has 0 aliphatic carbocycles. The maximum atomic E-state index is 13.2. The van der Waals surface area contributed by atoms with Crippen LogP contribution in [0.15, 0.2) is 48.5 Å². The van der Waals surface area contributed by atoms with Crippen molar-refractivity contribution in [3.63, 3.8) is 0 Å². The molecule has 0 spiro atoms. The average molecular weight is 257 g/mol. The molecule has 0 radical (unpaired) electrons. The predicted octanol–water partition coefficient (Wildman–Crippen LogP) is 3.65. The first-order chi connectivity index (χ1) is 9.01. The van der Waals surface area contributed by atoms with Crippen LogP contribution in [-0.4, -0.2) is 6.54 Å². The van der Waals surface area contributed by atoms with Gasteiger partial charge in [-0.2, -0.15) is 0 Å². The zero-order valence-corrected chi connectivity index (χ0v) is 11.5. The second-order valence-electron chi connectivity index (χ2n) is 5.60. The minimum atomic E-state index is -0.184. The molecule has 0 fully saturated rings. The van der Waals surface area contributed by atoms with Gasteiger partial charge in [0, 0.05) is 12.0 Å². The number of nitrogens with two attached hydrogens (primary N) is 1. The van der Waals surface area contributed by atoms with Crippen LogP contribution >= 0.6 is 0 Å². The van der Waals surface area contributed by atoms with E-state index in [4.69, 9.17) is 5.73 Å². The Hall–Kier alpha value is -1.67. The third kappa shape index (κ3) is 3.42. The second-order valence-corrected chi connectivity index (χ2v) is 5.60. The summed E-state index contributed by atoms with van der Waals surface area (Å²) < 4.78 is 13.2. The van der Waals surface area contributed by atoms with E-state index in [0.717, 1.165) is 12.0 Å². The molecule has 0 bridgehead atoms. The molecule has 2 rings (SSSR count). The quantitative estimate of drug-likeness (QED) is 0.889. The molecule has 1 nitrogen and oxygen atoms in total. The van der Waals surface area contributed by atoms with Crippen molar-refractivity contribution in [3.05, 3.63) is 71.0 Å². The molecule has 0 unspecified atom stereocenters. The minimum Gasteiger partial charge on any atom is -0.330 e. The first kappa shape index (κ1) is 13.8. The number of hydrogen-bond acceptors (Lipinski definition) is 1. The molecule has 0 heterocycles. The Bertz CT molecular complexity index is 561. The molecule has 0 aliphatic rings. The monoisotopic (exact) mass is 257 g/mol. The molecule has 2 N–H and O–H groups in total. The lowest BCUT2D eigenvalue weighted by Gasteiger charge is -2.23. The largest absolute Gasteiger partial charge is 0.330 e. The van der Waals surface area contributed by atoms with Crippen molar-refractivity contribution in [2.24, 2.45) is 5.73 Å². The van der Waals surface area contributed by atoms with Crippen LogP contribution in [0.25, 0.3) is 0 Å². The summed E-state index contributed by atoms with van der Waals surface area (Å²) in [5.41, 5.74) is 9.18. The van der Waals surface area contributed by atoms with Gasteiger partial charge in [-0.05, 0) is 35.2 Å². The molecular weight excluding hydrogens is 237 g/mol. The molecule has 0 aliphatic heterocycles. The van der Waals surface area contributed by atoms with Crippen molar-refractivity contribution < 1.29 is 4.39 Å². The van der Waals surface area contributed by atoms with Gasteiger partial charge >= 0.3 is 0 Å². The molecule has 0 saturated carbocycles. The lowest BCUT2D eigenvalue weighted by molar-refractivity contribution is 0.538. The Balaban J connectivity index is 2.25. The summed E-state index contributed by atoms with van der Waals surface area (Å²) in [5.74, 6) is -0.184. The Morgan fingerprint density at radius 1 is 1.00 bits per heavy atom. The van der Waals surface area contributed by atoms with Crippen molar-refractivity contribution in [1.29, 1.82) is 0 Å². The maximum absolute atomic E-state index is 13.2. The number of rotatable bonds is 4. The van der Waals surface area contributed by atoms with E-state index in [2.05, 4.69) is 32.0 Å². The van der Waals surface area contributed by atoms with Crippen LogP contribution in [0.2, 0.25) is 0 Å². The molecule has 0 saturated heterocycles. The Kier molecular flexibility index (Phi) is 4.01. The molecule has 0 amide bonds. The van der Waals surface area contributed by atoms with Crippen LogP contribution in [0.1, 0.15) is 30.5 Å². The summed E-state index contributed by atoms with van der Waals surface area (Å²) in [6.45, 7) is 4.87. The van der Waals surface area contributed by atoms with Gasteiger partial charge in [-0.1, -0.05) is 50.2 Å². The average Bonchev–Trinajstić information content (AvgIpc) is 2.39. The fourth-order valence-electron chi connectivity index (χ4n) is 2.10. The van der Waals surface area contributed by atoms with Crippen molar-refractivity contribution in [3.8, 4) is 0 Å². The number of halogens is 1. The molecule has 0 atom stereocenters. The Labute approximate surface area is 114 Å². The van der Waals surface area contributed by atoms with Gasteiger partial charge in [-0.25, -0.2) is 4.39 Å². The molecule has 19 heavy (non-hydrogen) atoms. The van der Waals surface area contributed by atoms with Crippen LogP contribution in [0.5, 0.6) is 0 Å². The van der Waals surface area contributed by atoms with E-state index in [-0.39, 0.29) is 11.2 Å². The summed E-state index contributed by atoms with van der Waals surface area (Å²) in [4.78, 5) is 0. The fraction of sp³-hybridized carbons (Fsp3) is 0.294. The standard InChI is InChI=1S/C17H20FN/c1-17(2,12-19)15-7-3-5-13(10-15)9-14-6-4-8-16(18)11-14/h3-8,10-11H,9,12,19H2,1-2H3. The van der Waals surface area contributed by atoms with E-state index in [1.54, 1.807) is 12.1 Å². The van der Waals surface area contributed by atoms with Gasteiger partial charge < -0.3 is 5.73 Å². The summed E-state index contributed by atoms with van der Waals surface area (Å²) in [6.07, 6.45) is 0.742. The van der Waals surface area contributed by atoms with Crippen LogP contribution in [-0.2, 0) is 11.8 Å². The SMILES string of the molecule is CC(C)(CN)c1cccc(Cc2cccc(F)c2)c1. The lowest BCUT2D eigenvalue weighted by Crippen LogP contribution is -2.28. The van der Waals surface area contributed by atoms with Gasteiger partial charge in [-0.15, -0.1) is 0 Å². The zero-order valence-electron chi connectivity index (χ0n) is 11.5. The highest BCUT2D eigenvalue weighted by atomic mass is 19.1. The molecular formula is C17H20FN. The minimum absolute atomic E-state index is 0.0298. The first-order valence-electron chi connectivity index (χ1n) is 6.55. The van der Waals surface area contributed by atoms with E-state index in [0.29, 0.717) is 6.54 Å². The van der Waals surface area contributed by atoms with Crippen LogP contribution < -0.4 is 5.73 Å². The third-order valence-corrected chi connectivity index (χ3v) is 3.52. The lowest BCUT2D eigenvalue weighted by atomic mass is 9.83. The maximum Gasteiger partial charge on any atom is 0.123 e. The van der Waals surface area contributed by atoms with Crippen molar-refractivity contribution in [2.45, 2.75) is 25.7 Å². The van der Waals surface area contributed by atoms with Crippen LogP contribution in [0.4, 0.5) is 4.39 Å². The van der Waals surface area contributed by atoms with Gasteiger partial charge in [0.1, 0.15) is 5.82 Å². The van der Waals surface area contributed by atoms with Crippen molar-refractivity contribution in [2.75, 3.05) is 6.54 Å². The van der Waals surface area contributed by atoms with E-state index in [1.807, 2.05) is 12.1 Å². The number of benzene rings is 2. The van der Waals surface area contributed by atoms with Crippen molar-refractivity contribution in [1.82, 2.24) is 0 Å². The third-order valence-electron chi connectivity index (χ3n) is 3.52. The van der Waals surface area contributed by atoms with E-state index in [9.17, 15) is 4.39 Å². The number of hydrogen-bond donors (Lipinski definition) is 1. The predicted molar refractivity (Wildman–Crippen MR) is 77.7 cm³/mol. The topological polar surface area (TPSA) is 26.0 Å². The fourth-order valence-corrected chi connectivity index (χ4v) is 2.10.